The van der Waals surface area contributed by atoms with Gasteiger partial charge in [0, 0.05) is 17.3 Å². The van der Waals surface area contributed by atoms with Crippen molar-refractivity contribution < 1.29 is 19.1 Å². The lowest BCUT2D eigenvalue weighted by atomic mass is 10.2. The maximum absolute atomic E-state index is 11.9. The molecule has 5 nitrogen and oxygen atoms in total. The van der Waals surface area contributed by atoms with Crippen LogP contribution in [0.15, 0.2) is 24.3 Å². The van der Waals surface area contributed by atoms with Crippen molar-refractivity contribution in [1.82, 2.24) is 0 Å². The number of hydrogen-bond acceptors (Lipinski definition) is 4. The molecular weight excluding hydrogens is 282 g/mol. The fraction of sp³-hybridized carbons (Fsp3) is 0.429. The van der Waals surface area contributed by atoms with Gasteiger partial charge in [-0.25, -0.2) is 4.79 Å². The summed E-state index contributed by atoms with van der Waals surface area (Å²) >= 11 is 5.76. The third-order valence-electron chi connectivity index (χ3n) is 2.97. The Bertz CT molecular complexity index is 482. The highest BCUT2D eigenvalue weighted by atomic mass is 35.5. The van der Waals surface area contributed by atoms with Crippen LogP contribution in [0.4, 0.5) is 5.69 Å². The number of amides is 1. The van der Waals surface area contributed by atoms with E-state index in [9.17, 15) is 9.59 Å². The third-order valence-corrected chi connectivity index (χ3v) is 3.22. The fourth-order valence-corrected chi connectivity index (χ4v) is 1.97. The number of hydrogen-bond donors (Lipinski definition) is 1. The number of carbonyl (C=O) groups is 2. The first-order valence-corrected chi connectivity index (χ1v) is 6.82. The maximum Gasteiger partial charge on any atom is 0.336 e. The lowest BCUT2D eigenvalue weighted by molar-refractivity contribution is -0.162. The topological polar surface area (TPSA) is 64.6 Å². The Morgan fingerprint density at radius 3 is 2.70 bits per heavy atom. The third kappa shape index (κ3) is 3.95. The van der Waals surface area contributed by atoms with Gasteiger partial charge in [-0.3, -0.25) is 4.79 Å². The van der Waals surface area contributed by atoms with Gasteiger partial charge in [0.15, 0.2) is 12.2 Å². The molecule has 0 aliphatic carbocycles. The second kappa shape index (κ2) is 6.72. The van der Waals surface area contributed by atoms with E-state index in [4.69, 9.17) is 21.1 Å². The molecule has 1 amide bonds. The highest BCUT2D eigenvalue weighted by Crippen LogP contribution is 2.16. The van der Waals surface area contributed by atoms with Crippen LogP contribution in [0.2, 0.25) is 5.02 Å². The minimum atomic E-state index is -0.873. The van der Waals surface area contributed by atoms with Gasteiger partial charge in [-0.1, -0.05) is 11.6 Å². The zero-order chi connectivity index (χ0) is 14.5. The van der Waals surface area contributed by atoms with Crippen molar-refractivity contribution in [2.45, 2.75) is 32.0 Å². The Kier molecular flexibility index (Phi) is 4.98. The van der Waals surface area contributed by atoms with Crippen molar-refractivity contribution in [1.29, 1.82) is 0 Å². The summed E-state index contributed by atoms with van der Waals surface area (Å²) in [6.45, 7) is 2.09. The summed E-state index contributed by atoms with van der Waals surface area (Å²) in [7, 11) is 0. The number of rotatable bonds is 4. The molecule has 1 N–H and O–H groups in total. The summed E-state index contributed by atoms with van der Waals surface area (Å²) < 4.78 is 10.3. The molecule has 0 saturated carbocycles. The Morgan fingerprint density at radius 2 is 2.10 bits per heavy atom. The van der Waals surface area contributed by atoms with Gasteiger partial charge >= 0.3 is 5.97 Å². The molecule has 108 valence electrons. The molecule has 0 aromatic heterocycles. The molecular formula is C14H16ClNO4. The average Bonchev–Trinajstić information content (AvgIpc) is 2.95. The summed E-state index contributed by atoms with van der Waals surface area (Å²) in [5.41, 5.74) is 0.597. The molecule has 1 fully saturated rings. The first kappa shape index (κ1) is 14.8. The van der Waals surface area contributed by atoms with Crippen LogP contribution in [-0.4, -0.2) is 30.7 Å². The van der Waals surface area contributed by atoms with E-state index in [0.29, 0.717) is 23.7 Å². The molecule has 1 aromatic rings. The molecule has 0 radical (unpaired) electrons. The standard InChI is InChI=1S/C14H16ClNO4/c1-9(20-14(18)12-3-2-8-19-12)13(17)16-11-6-4-10(15)5-7-11/h4-7,9,12H,2-3,8H2,1H3,(H,16,17)/t9-,12-/m0/s1. The summed E-state index contributed by atoms with van der Waals surface area (Å²) in [5, 5.41) is 3.23. The van der Waals surface area contributed by atoms with Crippen LogP contribution in [0.5, 0.6) is 0 Å². The average molecular weight is 298 g/mol. The zero-order valence-corrected chi connectivity index (χ0v) is 11.9. The highest BCUT2D eigenvalue weighted by Gasteiger charge is 2.28. The molecule has 2 atom stereocenters. The van der Waals surface area contributed by atoms with Gasteiger partial charge < -0.3 is 14.8 Å². The van der Waals surface area contributed by atoms with Crippen molar-refractivity contribution in [3.05, 3.63) is 29.3 Å². The van der Waals surface area contributed by atoms with E-state index in [-0.39, 0.29) is 0 Å². The number of esters is 1. The van der Waals surface area contributed by atoms with E-state index in [2.05, 4.69) is 5.32 Å². The molecule has 2 rings (SSSR count). The highest BCUT2D eigenvalue weighted by molar-refractivity contribution is 6.30. The Labute approximate surface area is 122 Å². The zero-order valence-electron chi connectivity index (χ0n) is 11.1. The van der Waals surface area contributed by atoms with E-state index in [0.717, 1.165) is 6.42 Å². The first-order chi connectivity index (χ1) is 9.56. The van der Waals surface area contributed by atoms with E-state index in [1.54, 1.807) is 24.3 Å². The summed E-state index contributed by atoms with van der Waals surface area (Å²) in [6, 6.07) is 6.68. The van der Waals surface area contributed by atoms with E-state index in [1.165, 1.54) is 6.92 Å². The van der Waals surface area contributed by atoms with Gasteiger partial charge in [-0.2, -0.15) is 0 Å². The molecule has 1 aliphatic rings. The number of ether oxygens (including phenoxy) is 2. The number of anilines is 1. The van der Waals surface area contributed by atoms with Crippen molar-refractivity contribution >= 4 is 29.2 Å². The van der Waals surface area contributed by atoms with Crippen molar-refractivity contribution in [3.63, 3.8) is 0 Å². The van der Waals surface area contributed by atoms with Crippen LogP contribution >= 0.6 is 11.6 Å². The molecule has 1 aliphatic heterocycles. The molecule has 1 saturated heterocycles. The lowest BCUT2D eigenvalue weighted by Gasteiger charge is -2.15. The van der Waals surface area contributed by atoms with Crippen LogP contribution in [0.1, 0.15) is 19.8 Å². The smallest absolute Gasteiger partial charge is 0.336 e. The van der Waals surface area contributed by atoms with Crippen molar-refractivity contribution in [2.24, 2.45) is 0 Å². The first-order valence-electron chi connectivity index (χ1n) is 6.45. The molecule has 6 heteroatoms. The minimum absolute atomic E-state index is 0.390. The Morgan fingerprint density at radius 1 is 1.40 bits per heavy atom. The molecule has 0 bridgehead atoms. The van der Waals surface area contributed by atoms with Crippen molar-refractivity contribution in [2.75, 3.05) is 11.9 Å². The molecule has 1 aromatic carbocycles. The Balaban J connectivity index is 1.85. The monoisotopic (exact) mass is 297 g/mol. The fourth-order valence-electron chi connectivity index (χ4n) is 1.84. The SMILES string of the molecule is C[C@H](OC(=O)[C@@H]1CCCO1)C(=O)Nc1ccc(Cl)cc1. The number of halogens is 1. The van der Waals surface area contributed by atoms with Gasteiger partial charge in [-0.05, 0) is 44.0 Å². The van der Waals surface area contributed by atoms with Crippen LogP contribution in [0.25, 0.3) is 0 Å². The van der Waals surface area contributed by atoms with Crippen LogP contribution in [0.3, 0.4) is 0 Å². The Hall–Kier alpha value is -1.59. The van der Waals surface area contributed by atoms with Gasteiger partial charge in [0.1, 0.15) is 0 Å². The van der Waals surface area contributed by atoms with Gasteiger partial charge in [-0.15, -0.1) is 0 Å². The van der Waals surface area contributed by atoms with Crippen LogP contribution in [0, 0.1) is 0 Å². The molecule has 1 heterocycles. The van der Waals surface area contributed by atoms with Crippen molar-refractivity contribution in [3.8, 4) is 0 Å². The van der Waals surface area contributed by atoms with Crippen LogP contribution < -0.4 is 5.32 Å². The number of nitrogens with one attached hydrogen (secondary N) is 1. The van der Waals surface area contributed by atoms with E-state index >= 15 is 0 Å². The number of benzene rings is 1. The van der Waals surface area contributed by atoms with Gasteiger partial charge in [0.05, 0.1) is 0 Å². The predicted octanol–water partition coefficient (Wildman–Crippen LogP) is 2.39. The largest absolute Gasteiger partial charge is 0.451 e. The summed E-state index contributed by atoms with van der Waals surface area (Å²) in [5.74, 6) is -0.875. The number of carbonyl (C=O) groups excluding carboxylic acids is 2. The second-order valence-electron chi connectivity index (χ2n) is 4.58. The minimum Gasteiger partial charge on any atom is -0.451 e. The molecule has 0 spiro atoms. The van der Waals surface area contributed by atoms with E-state index < -0.39 is 24.1 Å². The van der Waals surface area contributed by atoms with Gasteiger partial charge in [0.25, 0.3) is 5.91 Å². The van der Waals surface area contributed by atoms with Gasteiger partial charge in [0.2, 0.25) is 0 Å². The lowest BCUT2D eigenvalue weighted by Crippen LogP contribution is -2.33. The summed E-state index contributed by atoms with van der Waals surface area (Å²) in [6.07, 6.45) is 0.0679. The summed E-state index contributed by atoms with van der Waals surface area (Å²) in [4.78, 5) is 23.6. The maximum atomic E-state index is 11.9. The van der Waals surface area contributed by atoms with Crippen LogP contribution in [-0.2, 0) is 19.1 Å². The quantitative estimate of drug-likeness (QED) is 0.867. The second-order valence-corrected chi connectivity index (χ2v) is 5.01. The molecule has 0 unspecified atom stereocenters. The normalized spacial score (nSPS) is 19.4. The molecule has 20 heavy (non-hydrogen) atoms. The van der Waals surface area contributed by atoms with E-state index in [1.807, 2.05) is 0 Å². The predicted molar refractivity (Wildman–Crippen MR) is 74.6 cm³/mol.